The molecule has 0 unspecified atom stereocenters. The number of ether oxygens (including phenoxy) is 1. The van der Waals surface area contributed by atoms with E-state index in [2.05, 4.69) is 36.2 Å². The highest BCUT2D eigenvalue weighted by Gasteiger charge is 2.48. The van der Waals surface area contributed by atoms with E-state index in [0.717, 1.165) is 46.8 Å². The predicted octanol–water partition coefficient (Wildman–Crippen LogP) is 3.44. The van der Waals surface area contributed by atoms with Crippen molar-refractivity contribution in [1.29, 1.82) is 0 Å². The summed E-state index contributed by atoms with van der Waals surface area (Å²) in [6.07, 6.45) is 3.36. The monoisotopic (exact) mass is 356 g/mol. The lowest BCUT2D eigenvalue weighted by molar-refractivity contribution is -0.0377. The van der Waals surface area contributed by atoms with Gasteiger partial charge in [-0.1, -0.05) is 12.1 Å². The third-order valence-electron chi connectivity index (χ3n) is 6.44. The first-order valence-electron chi connectivity index (χ1n) is 9.28. The number of fused-ring (bicyclic) bond motifs is 6. The number of carbonyl (C=O) groups excluding carboxylic acids is 1. The van der Waals surface area contributed by atoms with Crippen molar-refractivity contribution in [3.05, 3.63) is 28.6 Å². The molecule has 5 heterocycles. The van der Waals surface area contributed by atoms with Gasteiger partial charge in [0.1, 0.15) is 5.75 Å². The fraction of sp³-hybridized carbons (Fsp3) is 0.550. The van der Waals surface area contributed by atoms with E-state index in [1.807, 2.05) is 6.07 Å². The molecular formula is C20H24N2O2S. The Labute approximate surface area is 152 Å². The van der Waals surface area contributed by atoms with Crippen LogP contribution in [0.1, 0.15) is 41.9 Å². The summed E-state index contributed by atoms with van der Waals surface area (Å²) in [6.45, 7) is 7.62. The third kappa shape index (κ3) is 2.32. The summed E-state index contributed by atoms with van der Waals surface area (Å²) in [4.78, 5) is 16.3. The summed E-state index contributed by atoms with van der Waals surface area (Å²) in [6, 6.07) is 6.50. The van der Waals surface area contributed by atoms with Crippen LogP contribution in [0, 0.1) is 5.92 Å². The molecule has 5 heteroatoms. The summed E-state index contributed by atoms with van der Waals surface area (Å²) in [7, 11) is 0. The molecule has 1 amide bonds. The highest BCUT2D eigenvalue weighted by atomic mass is 32.1. The van der Waals surface area contributed by atoms with Gasteiger partial charge in [0, 0.05) is 18.0 Å². The van der Waals surface area contributed by atoms with E-state index in [4.69, 9.17) is 4.74 Å². The lowest BCUT2D eigenvalue weighted by atomic mass is 9.72. The molecule has 4 aliphatic rings. The lowest BCUT2D eigenvalue weighted by Crippen LogP contribution is -2.69. The highest BCUT2D eigenvalue weighted by molar-refractivity contribution is 7.21. The van der Waals surface area contributed by atoms with E-state index in [1.54, 1.807) is 11.3 Å². The summed E-state index contributed by atoms with van der Waals surface area (Å²) >= 11 is 1.57. The normalized spacial score (nSPS) is 29.4. The zero-order valence-corrected chi connectivity index (χ0v) is 15.6. The largest absolute Gasteiger partial charge is 0.491 e. The van der Waals surface area contributed by atoms with Crippen molar-refractivity contribution in [2.45, 2.75) is 44.7 Å². The Kier molecular flexibility index (Phi) is 3.41. The van der Waals surface area contributed by atoms with E-state index in [9.17, 15) is 4.79 Å². The number of nitrogens with zero attached hydrogens (tertiary/aromatic N) is 1. The molecule has 3 fully saturated rings. The molecule has 2 bridgehead atoms. The number of carbonyl (C=O) groups is 1. The minimum absolute atomic E-state index is 0.0396. The number of thiophene rings is 1. The van der Waals surface area contributed by atoms with Crippen LogP contribution in [-0.2, 0) is 6.42 Å². The molecule has 6 rings (SSSR count). The third-order valence-corrected chi connectivity index (χ3v) is 7.59. The zero-order chi connectivity index (χ0) is 17.2. The van der Waals surface area contributed by atoms with Crippen molar-refractivity contribution < 1.29 is 9.53 Å². The number of hydrogen-bond donors (Lipinski definition) is 1. The summed E-state index contributed by atoms with van der Waals surface area (Å²) in [5.74, 6) is 1.66. The second-order valence-electron chi connectivity index (χ2n) is 8.11. The van der Waals surface area contributed by atoms with Crippen LogP contribution in [0.3, 0.4) is 0 Å². The van der Waals surface area contributed by atoms with E-state index in [1.165, 1.54) is 18.4 Å². The van der Waals surface area contributed by atoms with Gasteiger partial charge in [0.15, 0.2) is 0 Å². The maximum Gasteiger partial charge on any atom is 0.261 e. The maximum absolute atomic E-state index is 13.0. The van der Waals surface area contributed by atoms with Crippen molar-refractivity contribution in [2.24, 2.45) is 5.92 Å². The van der Waals surface area contributed by atoms with E-state index < -0.39 is 0 Å². The summed E-state index contributed by atoms with van der Waals surface area (Å²) < 4.78 is 6.92. The molecule has 2 aromatic rings. The number of rotatable bonds is 2. The van der Waals surface area contributed by atoms with Crippen LogP contribution in [-0.4, -0.2) is 42.1 Å². The second kappa shape index (κ2) is 5.45. The smallest absolute Gasteiger partial charge is 0.261 e. The van der Waals surface area contributed by atoms with E-state index in [0.29, 0.717) is 5.92 Å². The molecule has 1 aromatic heterocycles. The van der Waals surface area contributed by atoms with Gasteiger partial charge in [0.05, 0.1) is 16.2 Å². The molecule has 0 saturated carbocycles. The Morgan fingerprint density at radius 1 is 1.32 bits per heavy atom. The van der Waals surface area contributed by atoms with Gasteiger partial charge in [-0.2, -0.15) is 0 Å². The van der Waals surface area contributed by atoms with Crippen LogP contribution in [0.15, 0.2) is 18.2 Å². The second-order valence-corrected chi connectivity index (χ2v) is 9.16. The average Bonchev–Trinajstić information content (AvgIpc) is 3.23. The Balaban J connectivity index is 1.44. The Morgan fingerprint density at radius 3 is 2.88 bits per heavy atom. The van der Waals surface area contributed by atoms with Gasteiger partial charge < -0.3 is 10.1 Å². The first-order valence-corrected chi connectivity index (χ1v) is 10.1. The van der Waals surface area contributed by atoms with Gasteiger partial charge in [-0.05, 0) is 62.7 Å². The fourth-order valence-corrected chi connectivity index (χ4v) is 6.02. The van der Waals surface area contributed by atoms with Crippen LogP contribution >= 0.6 is 11.3 Å². The molecule has 1 N–H and O–H groups in total. The average molecular weight is 356 g/mol. The van der Waals surface area contributed by atoms with Gasteiger partial charge in [0.2, 0.25) is 0 Å². The number of piperidine rings is 3. The van der Waals surface area contributed by atoms with Crippen molar-refractivity contribution in [2.75, 3.05) is 19.7 Å². The molecule has 1 aromatic carbocycles. The van der Waals surface area contributed by atoms with E-state index >= 15 is 0 Å². The first-order chi connectivity index (χ1) is 12.0. The molecule has 3 saturated heterocycles. The molecule has 25 heavy (non-hydrogen) atoms. The number of amides is 1. The Morgan fingerprint density at radius 2 is 2.12 bits per heavy atom. The molecule has 4 aliphatic heterocycles. The predicted molar refractivity (Wildman–Crippen MR) is 101 cm³/mol. The molecule has 132 valence electrons. The molecule has 0 spiro atoms. The minimum atomic E-state index is 0.0396. The van der Waals surface area contributed by atoms with Gasteiger partial charge in [-0.25, -0.2) is 0 Å². The topological polar surface area (TPSA) is 41.6 Å². The molecule has 4 nitrogen and oxygen atoms in total. The van der Waals surface area contributed by atoms with Crippen LogP contribution in [0.4, 0.5) is 0 Å². The SMILES string of the molecule is CC1(C)[C@H](NC(=O)c2cc3ccc4c(c3s2)OCC4)C2CCN1CC2. The van der Waals surface area contributed by atoms with Gasteiger partial charge in [0.25, 0.3) is 5.91 Å². The molecule has 1 atom stereocenters. The molecule has 0 radical (unpaired) electrons. The Bertz CT molecular complexity index is 849. The first kappa shape index (κ1) is 15.6. The van der Waals surface area contributed by atoms with E-state index in [-0.39, 0.29) is 17.5 Å². The van der Waals surface area contributed by atoms with Gasteiger partial charge in [-0.15, -0.1) is 11.3 Å². The number of nitrogens with one attached hydrogen (secondary N) is 1. The van der Waals surface area contributed by atoms with Crippen LogP contribution < -0.4 is 10.1 Å². The maximum atomic E-state index is 13.0. The highest BCUT2D eigenvalue weighted by Crippen LogP contribution is 2.41. The van der Waals surface area contributed by atoms with Crippen molar-refractivity contribution in [1.82, 2.24) is 10.2 Å². The van der Waals surface area contributed by atoms with Gasteiger partial charge >= 0.3 is 0 Å². The molecular weight excluding hydrogens is 332 g/mol. The van der Waals surface area contributed by atoms with Crippen LogP contribution in [0.2, 0.25) is 0 Å². The zero-order valence-electron chi connectivity index (χ0n) is 14.8. The lowest BCUT2D eigenvalue weighted by Gasteiger charge is -2.56. The van der Waals surface area contributed by atoms with Crippen LogP contribution in [0.5, 0.6) is 5.75 Å². The fourth-order valence-electron chi connectivity index (χ4n) is 4.94. The number of hydrogen-bond acceptors (Lipinski definition) is 4. The summed E-state index contributed by atoms with van der Waals surface area (Å²) in [5.41, 5.74) is 1.30. The van der Waals surface area contributed by atoms with Crippen molar-refractivity contribution >= 4 is 27.3 Å². The summed E-state index contributed by atoms with van der Waals surface area (Å²) in [5, 5.41) is 4.49. The molecule has 0 aliphatic carbocycles. The van der Waals surface area contributed by atoms with Crippen LogP contribution in [0.25, 0.3) is 10.1 Å². The Hall–Kier alpha value is -1.59. The quantitative estimate of drug-likeness (QED) is 0.896. The van der Waals surface area contributed by atoms with Gasteiger partial charge in [-0.3, -0.25) is 9.69 Å². The number of benzene rings is 1. The van der Waals surface area contributed by atoms with Crippen molar-refractivity contribution in [3.8, 4) is 5.75 Å². The minimum Gasteiger partial charge on any atom is -0.491 e. The van der Waals surface area contributed by atoms with Crippen molar-refractivity contribution in [3.63, 3.8) is 0 Å². The standard InChI is InChI=1S/C20H24N2O2S/c1-20(2)18(13-5-8-22(20)9-6-13)21-19(23)15-11-14-4-3-12-7-10-24-16(12)17(14)25-15/h3-4,11,13,18H,5-10H2,1-2H3,(H,21,23)/t18-/m1/s1.